The second kappa shape index (κ2) is 10.5. The van der Waals surface area contributed by atoms with Crippen LogP contribution in [0.25, 0.3) is 33.4 Å². The van der Waals surface area contributed by atoms with Crippen molar-refractivity contribution >= 4 is 45.6 Å². The molecule has 3 heterocycles. The van der Waals surface area contributed by atoms with Gasteiger partial charge in [-0.3, -0.25) is 4.79 Å². The maximum absolute atomic E-state index is 12.8. The van der Waals surface area contributed by atoms with Gasteiger partial charge < -0.3 is 20.2 Å². The molecule has 1 saturated carbocycles. The normalized spacial score (nSPS) is 19.1. The Morgan fingerprint density at radius 1 is 1.15 bits per heavy atom. The Morgan fingerprint density at radius 3 is 2.61 bits per heavy atom. The lowest BCUT2D eigenvalue weighted by molar-refractivity contribution is -0.158. The van der Waals surface area contributed by atoms with Gasteiger partial charge in [-0.15, -0.1) is 0 Å². The summed E-state index contributed by atoms with van der Waals surface area (Å²) >= 11 is 0. The van der Waals surface area contributed by atoms with Crippen LogP contribution >= 0.6 is 0 Å². The molecule has 41 heavy (non-hydrogen) atoms. The van der Waals surface area contributed by atoms with Crippen molar-refractivity contribution in [3.63, 3.8) is 0 Å². The van der Waals surface area contributed by atoms with E-state index in [9.17, 15) is 4.79 Å². The van der Waals surface area contributed by atoms with Crippen LogP contribution in [0, 0.1) is 19.3 Å². The fourth-order valence-corrected chi connectivity index (χ4v) is 6.10. The van der Waals surface area contributed by atoms with Crippen LogP contribution in [0.1, 0.15) is 63.1 Å². The lowest BCUT2D eigenvalue weighted by Gasteiger charge is -2.37. The minimum Gasteiger partial charge on any atom is -0.466 e. The van der Waals surface area contributed by atoms with E-state index in [4.69, 9.17) is 20.0 Å². The Hall–Kier alpha value is -4.47. The van der Waals surface area contributed by atoms with Gasteiger partial charge >= 0.3 is 5.97 Å². The van der Waals surface area contributed by atoms with Gasteiger partial charge in [-0.05, 0) is 82.2 Å². The van der Waals surface area contributed by atoms with E-state index in [0.717, 1.165) is 76.7 Å². The molecule has 212 valence electrons. The van der Waals surface area contributed by atoms with Crippen LogP contribution in [0.5, 0.6) is 0 Å². The molecule has 3 N–H and O–H groups in total. The quantitative estimate of drug-likeness (QED) is 0.212. The van der Waals surface area contributed by atoms with E-state index in [0.29, 0.717) is 24.1 Å². The van der Waals surface area contributed by atoms with Gasteiger partial charge in [-0.2, -0.15) is 10.1 Å². The molecule has 0 atom stereocenters. The van der Waals surface area contributed by atoms with E-state index < -0.39 is 5.41 Å². The number of anilines is 3. The highest BCUT2D eigenvalue weighted by atomic mass is 16.5. The standard InChI is InChI=1S/C31H35N7O3/c1-5-31(29(39)40-6-2)13-11-22(12-14-31)38-28-24(27(32)33-17-34-28)25(37-38)20-7-9-21(10-8-20)35-30-36-23-16-18(3)15-19(4)26(23)41-30/h7-10,15-17,22H,5-6,11-14H2,1-4H3,(H,35,36)(H2,32,33,34)/t22-,31-. The summed E-state index contributed by atoms with van der Waals surface area (Å²) in [5, 5.41) is 9.02. The first-order valence-electron chi connectivity index (χ1n) is 14.2. The average Bonchev–Trinajstić information content (AvgIpc) is 3.56. The molecule has 0 unspecified atom stereocenters. The van der Waals surface area contributed by atoms with E-state index in [-0.39, 0.29) is 12.0 Å². The summed E-state index contributed by atoms with van der Waals surface area (Å²) in [6.07, 6.45) is 5.35. The minimum absolute atomic E-state index is 0.0877. The highest BCUT2D eigenvalue weighted by Gasteiger charge is 2.42. The number of nitrogens with zero attached hydrogens (tertiary/aromatic N) is 5. The van der Waals surface area contributed by atoms with Crippen LogP contribution < -0.4 is 11.1 Å². The van der Waals surface area contributed by atoms with Gasteiger partial charge in [-0.1, -0.05) is 25.1 Å². The number of oxazole rings is 1. The number of ether oxygens (including phenoxy) is 1. The summed E-state index contributed by atoms with van der Waals surface area (Å²) in [5.74, 6) is 0.302. The van der Waals surface area contributed by atoms with Gasteiger partial charge in [0.2, 0.25) is 0 Å². The lowest BCUT2D eigenvalue weighted by Crippen LogP contribution is -2.37. The molecule has 6 rings (SSSR count). The molecule has 5 aromatic rings. The zero-order valence-electron chi connectivity index (χ0n) is 23.9. The van der Waals surface area contributed by atoms with Crippen LogP contribution in [0.15, 0.2) is 47.1 Å². The number of nitrogens with two attached hydrogens (primary N) is 1. The van der Waals surface area contributed by atoms with Gasteiger partial charge in [0.15, 0.2) is 11.2 Å². The van der Waals surface area contributed by atoms with Crippen molar-refractivity contribution in [3.05, 3.63) is 53.9 Å². The number of rotatable bonds is 7. The number of aryl methyl sites for hydroxylation is 2. The van der Waals surface area contributed by atoms with Gasteiger partial charge in [0, 0.05) is 11.3 Å². The number of nitrogen functional groups attached to an aromatic ring is 1. The lowest BCUT2D eigenvalue weighted by atomic mass is 9.71. The number of hydrogen-bond acceptors (Lipinski definition) is 9. The van der Waals surface area contributed by atoms with Gasteiger partial charge in [-0.25, -0.2) is 14.6 Å². The predicted molar refractivity (Wildman–Crippen MR) is 159 cm³/mol. The topological polar surface area (TPSA) is 134 Å². The number of aromatic nitrogens is 5. The molecule has 10 nitrogen and oxygen atoms in total. The molecule has 0 radical (unpaired) electrons. The Bertz CT molecular complexity index is 1730. The van der Waals surface area contributed by atoms with Gasteiger partial charge in [0.25, 0.3) is 6.01 Å². The first-order chi connectivity index (χ1) is 19.8. The van der Waals surface area contributed by atoms with Crippen molar-refractivity contribution in [2.24, 2.45) is 5.41 Å². The summed E-state index contributed by atoms with van der Waals surface area (Å²) in [6, 6.07) is 12.5. The van der Waals surface area contributed by atoms with Gasteiger partial charge in [0.05, 0.1) is 23.4 Å². The van der Waals surface area contributed by atoms with Crippen molar-refractivity contribution < 1.29 is 13.9 Å². The smallest absolute Gasteiger partial charge is 0.312 e. The molecule has 0 bridgehead atoms. The van der Waals surface area contributed by atoms with E-state index in [2.05, 4.69) is 33.3 Å². The first-order valence-corrected chi connectivity index (χ1v) is 14.2. The van der Waals surface area contributed by atoms with E-state index >= 15 is 0 Å². The monoisotopic (exact) mass is 553 g/mol. The van der Waals surface area contributed by atoms with Crippen molar-refractivity contribution in [1.82, 2.24) is 24.7 Å². The number of hydrogen-bond donors (Lipinski definition) is 2. The third kappa shape index (κ3) is 4.77. The second-order valence-electron chi connectivity index (χ2n) is 11.0. The van der Waals surface area contributed by atoms with E-state index in [1.54, 1.807) is 0 Å². The molecule has 10 heteroatoms. The first kappa shape index (κ1) is 26.7. The molecular weight excluding hydrogens is 518 g/mol. The summed E-state index contributed by atoms with van der Waals surface area (Å²) in [7, 11) is 0. The molecule has 0 spiro atoms. The number of nitrogens with one attached hydrogen (secondary N) is 1. The minimum atomic E-state index is -0.429. The van der Waals surface area contributed by atoms with E-state index in [1.165, 1.54) is 6.33 Å². The number of carbonyl (C=O) groups excluding carboxylic acids is 1. The third-order valence-corrected chi connectivity index (χ3v) is 8.39. The number of fused-ring (bicyclic) bond motifs is 2. The summed E-state index contributed by atoms with van der Waals surface area (Å²) in [4.78, 5) is 26.2. The fourth-order valence-electron chi connectivity index (χ4n) is 6.10. The molecule has 0 amide bonds. The van der Waals surface area contributed by atoms with Gasteiger partial charge in [0.1, 0.15) is 23.4 Å². The number of benzene rings is 2. The Balaban J connectivity index is 1.27. The molecule has 0 saturated heterocycles. The van der Waals surface area contributed by atoms with Crippen molar-refractivity contribution in [3.8, 4) is 11.3 Å². The molecule has 1 aliphatic rings. The van der Waals surface area contributed by atoms with Crippen LogP contribution in [-0.2, 0) is 9.53 Å². The number of esters is 1. The SMILES string of the molecule is CCOC(=O)[C@]1(CC)CC[C@@H](n2nc(-c3ccc(Nc4nc5cc(C)cc(C)c5o4)cc3)c3c(N)ncnc32)CC1. The Kier molecular flexibility index (Phi) is 6.84. The molecule has 0 aliphatic heterocycles. The highest BCUT2D eigenvalue weighted by Crippen LogP contribution is 2.45. The maximum atomic E-state index is 12.8. The zero-order chi connectivity index (χ0) is 28.7. The van der Waals surface area contributed by atoms with Crippen LogP contribution in [0.3, 0.4) is 0 Å². The van der Waals surface area contributed by atoms with E-state index in [1.807, 2.05) is 55.8 Å². The second-order valence-corrected chi connectivity index (χ2v) is 11.0. The largest absolute Gasteiger partial charge is 0.466 e. The molecular formula is C31H35N7O3. The summed E-state index contributed by atoms with van der Waals surface area (Å²) < 4.78 is 13.4. The van der Waals surface area contributed by atoms with Crippen molar-refractivity contribution in [1.29, 1.82) is 0 Å². The summed E-state index contributed by atoms with van der Waals surface area (Å²) in [5.41, 5.74) is 12.9. The summed E-state index contributed by atoms with van der Waals surface area (Å²) in [6.45, 7) is 8.39. The third-order valence-electron chi connectivity index (χ3n) is 8.39. The van der Waals surface area contributed by atoms with Crippen LogP contribution in [0.4, 0.5) is 17.5 Å². The molecule has 1 aliphatic carbocycles. The predicted octanol–water partition coefficient (Wildman–Crippen LogP) is 6.65. The molecule has 2 aromatic carbocycles. The number of carbonyl (C=O) groups is 1. The Labute approximate surface area is 238 Å². The Morgan fingerprint density at radius 2 is 1.90 bits per heavy atom. The maximum Gasteiger partial charge on any atom is 0.312 e. The average molecular weight is 554 g/mol. The van der Waals surface area contributed by atoms with Crippen LogP contribution in [-0.4, -0.2) is 37.3 Å². The zero-order valence-corrected chi connectivity index (χ0v) is 23.9. The highest BCUT2D eigenvalue weighted by molar-refractivity contribution is 5.98. The van der Waals surface area contributed by atoms with Crippen LogP contribution in [0.2, 0.25) is 0 Å². The molecule has 3 aromatic heterocycles. The van der Waals surface area contributed by atoms with Crippen molar-refractivity contribution in [2.75, 3.05) is 17.7 Å². The molecule has 1 fully saturated rings. The van der Waals surface area contributed by atoms with Crippen molar-refractivity contribution in [2.45, 2.75) is 65.8 Å². The fraction of sp³-hybridized carbons (Fsp3) is 0.387.